The van der Waals surface area contributed by atoms with Gasteiger partial charge in [0.1, 0.15) is 5.69 Å². The van der Waals surface area contributed by atoms with Crippen LogP contribution in [0.25, 0.3) is 11.3 Å². The van der Waals surface area contributed by atoms with Crippen molar-refractivity contribution in [1.29, 1.82) is 0 Å². The van der Waals surface area contributed by atoms with Crippen molar-refractivity contribution in [3.05, 3.63) is 71.4 Å². The molecule has 0 spiro atoms. The van der Waals surface area contributed by atoms with Gasteiger partial charge >= 0.3 is 0 Å². The summed E-state index contributed by atoms with van der Waals surface area (Å²) in [4.78, 5) is 14.5. The van der Waals surface area contributed by atoms with Crippen LogP contribution in [-0.2, 0) is 0 Å². The highest BCUT2D eigenvalue weighted by molar-refractivity contribution is 6.33. The Morgan fingerprint density at radius 2 is 1.84 bits per heavy atom. The fourth-order valence-electron chi connectivity index (χ4n) is 3.14. The van der Waals surface area contributed by atoms with Crippen LogP contribution >= 0.6 is 11.6 Å². The number of carbonyl (C=O) groups is 1. The van der Waals surface area contributed by atoms with E-state index < -0.39 is 0 Å². The zero-order chi connectivity index (χ0) is 17.2. The molecule has 1 amide bonds. The number of hydrogen-bond acceptors (Lipinski definition) is 3. The molecular formula is C19H17ClN4O. The molecule has 0 aliphatic carbocycles. The van der Waals surface area contributed by atoms with E-state index in [1.807, 2.05) is 58.2 Å². The number of aromatic nitrogens is 3. The van der Waals surface area contributed by atoms with Crippen LogP contribution in [0.5, 0.6) is 0 Å². The van der Waals surface area contributed by atoms with Gasteiger partial charge < -0.3 is 4.90 Å². The van der Waals surface area contributed by atoms with Crippen molar-refractivity contribution < 1.29 is 4.79 Å². The second kappa shape index (κ2) is 6.69. The van der Waals surface area contributed by atoms with Crippen LogP contribution in [-0.4, -0.2) is 38.9 Å². The van der Waals surface area contributed by atoms with E-state index in [0.717, 1.165) is 17.7 Å². The van der Waals surface area contributed by atoms with Gasteiger partial charge in [0.05, 0.1) is 22.8 Å². The van der Waals surface area contributed by atoms with Crippen LogP contribution < -0.4 is 0 Å². The van der Waals surface area contributed by atoms with E-state index in [0.29, 0.717) is 23.7 Å². The zero-order valence-corrected chi connectivity index (χ0v) is 14.3. The Morgan fingerprint density at radius 1 is 1.08 bits per heavy atom. The SMILES string of the molecule is O=C(c1ccccc1Cl)N1CCC(n2cc(-c3ccccc3)nn2)C1. The standard InChI is InChI=1S/C19H17ClN4O/c20-17-9-5-4-8-16(17)19(25)23-11-10-15(12-23)24-13-18(21-22-24)14-6-2-1-3-7-14/h1-9,13,15H,10-12H2. The summed E-state index contributed by atoms with van der Waals surface area (Å²) >= 11 is 6.15. The normalized spacial score (nSPS) is 17.0. The van der Waals surface area contributed by atoms with Crippen molar-refractivity contribution in [2.45, 2.75) is 12.5 Å². The average molecular weight is 353 g/mol. The van der Waals surface area contributed by atoms with Crippen molar-refractivity contribution in [2.24, 2.45) is 0 Å². The first-order chi connectivity index (χ1) is 12.2. The number of amides is 1. The van der Waals surface area contributed by atoms with Crippen LogP contribution in [0.4, 0.5) is 0 Å². The summed E-state index contributed by atoms with van der Waals surface area (Å²) in [6.45, 7) is 1.30. The number of hydrogen-bond donors (Lipinski definition) is 0. The average Bonchev–Trinajstić information content (AvgIpc) is 3.32. The van der Waals surface area contributed by atoms with Crippen molar-refractivity contribution in [2.75, 3.05) is 13.1 Å². The first-order valence-corrected chi connectivity index (χ1v) is 8.61. The highest BCUT2D eigenvalue weighted by Crippen LogP contribution is 2.26. The lowest BCUT2D eigenvalue weighted by molar-refractivity contribution is 0.0787. The molecule has 0 radical (unpaired) electrons. The lowest BCUT2D eigenvalue weighted by Gasteiger charge is -2.17. The third-order valence-corrected chi connectivity index (χ3v) is 4.84. The van der Waals surface area contributed by atoms with Gasteiger partial charge in [0.25, 0.3) is 5.91 Å². The molecule has 1 aromatic heterocycles. The molecule has 25 heavy (non-hydrogen) atoms. The molecule has 4 rings (SSSR count). The molecule has 2 heterocycles. The van der Waals surface area contributed by atoms with Gasteiger partial charge in [0.15, 0.2) is 0 Å². The van der Waals surface area contributed by atoms with E-state index in [1.54, 1.807) is 12.1 Å². The van der Waals surface area contributed by atoms with E-state index in [-0.39, 0.29) is 11.9 Å². The second-order valence-corrected chi connectivity index (χ2v) is 6.53. The Kier molecular flexibility index (Phi) is 4.24. The molecular weight excluding hydrogens is 336 g/mol. The molecule has 0 N–H and O–H groups in total. The fraction of sp³-hybridized carbons (Fsp3) is 0.211. The first kappa shape index (κ1) is 15.8. The molecule has 126 valence electrons. The molecule has 1 saturated heterocycles. The summed E-state index contributed by atoms with van der Waals surface area (Å²) in [6, 6.07) is 17.3. The number of benzene rings is 2. The zero-order valence-electron chi connectivity index (χ0n) is 13.5. The Bertz CT molecular complexity index is 893. The molecule has 1 atom stereocenters. The summed E-state index contributed by atoms with van der Waals surface area (Å²) < 4.78 is 1.86. The minimum atomic E-state index is -0.0310. The Labute approximate surface area is 150 Å². The summed E-state index contributed by atoms with van der Waals surface area (Å²) in [5, 5.41) is 9.01. The van der Waals surface area contributed by atoms with Crippen LogP contribution in [0.3, 0.4) is 0 Å². The Balaban J connectivity index is 1.49. The first-order valence-electron chi connectivity index (χ1n) is 8.23. The number of rotatable bonds is 3. The van der Waals surface area contributed by atoms with Crippen molar-refractivity contribution >= 4 is 17.5 Å². The van der Waals surface area contributed by atoms with Gasteiger partial charge in [0, 0.05) is 18.7 Å². The molecule has 0 bridgehead atoms. The largest absolute Gasteiger partial charge is 0.336 e. The van der Waals surface area contributed by atoms with Crippen LogP contribution in [0, 0.1) is 0 Å². The maximum atomic E-state index is 12.7. The van der Waals surface area contributed by atoms with E-state index in [4.69, 9.17) is 11.6 Å². The molecule has 1 unspecified atom stereocenters. The lowest BCUT2D eigenvalue weighted by atomic mass is 10.2. The van der Waals surface area contributed by atoms with Gasteiger partial charge in [-0.1, -0.05) is 59.3 Å². The number of carbonyl (C=O) groups excluding carboxylic acids is 1. The van der Waals surface area contributed by atoms with Gasteiger partial charge in [0.2, 0.25) is 0 Å². The highest BCUT2D eigenvalue weighted by atomic mass is 35.5. The van der Waals surface area contributed by atoms with Crippen molar-refractivity contribution in [1.82, 2.24) is 19.9 Å². The van der Waals surface area contributed by atoms with E-state index in [2.05, 4.69) is 10.3 Å². The number of halogens is 1. The molecule has 6 heteroatoms. The lowest BCUT2D eigenvalue weighted by Crippen LogP contribution is -2.29. The minimum absolute atomic E-state index is 0.0310. The molecule has 5 nitrogen and oxygen atoms in total. The van der Waals surface area contributed by atoms with Crippen LogP contribution in [0.1, 0.15) is 22.8 Å². The van der Waals surface area contributed by atoms with Gasteiger partial charge in [-0.15, -0.1) is 5.10 Å². The Hall–Kier alpha value is -2.66. The highest BCUT2D eigenvalue weighted by Gasteiger charge is 2.29. The van der Waals surface area contributed by atoms with Crippen LogP contribution in [0.2, 0.25) is 5.02 Å². The summed E-state index contributed by atoms with van der Waals surface area (Å²) in [7, 11) is 0. The van der Waals surface area contributed by atoms with E-state index in [1.165, 1.54) is 0 Å². The predicted molar refractivity (Wildman–Crippen MR) is 96.5 cm³/mol. The minimum Gasteiger partial charge on any atom is -0.336 e. The maximum absolute atomic E-state index is 12.7. The summed E-state index contributed by atoms with van der Waals surface area (Å²) in [6.07, 6.45) is 2.80. The molecule has 2 aromatic carbocycles. The van der Waals surface area contributed by atoms with Gasteiger partial charge in [-0.05, 0) is 18.6 Å². The van der Waals surface area contributed by atoms with Crippen LogP contribution in [0.15, 0.2) is 60.8 Å². The molecule has 0 saturated carbocycles. The molecule has 1 aliphatic rings. The third kappa shape index (κ3) is 3.15. The van der Waals surface area contributed by atoms with E-state index >= 15 is 0 Å². The van der Waals surface area contributed by atoms with Crippen molar-refractivity contribution in [3.63, 3.8) is 0 Å². The van der Waals surface area contributed by atoms with Gasteiger partial charge in [-0.2, -0.15) is 0 Å². The van der Waals surface area contributed by atoms with Crippen molar-refractivity contribution in [3.8, 4) is 11.3 Å². The van der Waals surface area contributed by atoms with E-state index in [9.17, 15) is 4.79 Å². The number of likely N-dealkylation sites (tertiary alicyclic amines) is 1. The second-order valence-electron chi connectivity index (χ2n) is 6.12. The quantitative estimate of drug-likeness (QED) is 0.722. The topological polar surface area (TPSA) is 51.0 Å². The molecule has 1 fully saturated rings. The van der Waals surface area contributed by atoms with Gasteiger partial charge in [-0.3, -0.25) is 4.79 Å². The summed E-state index contributed by atoms with van der Waals surface area (Å²) in [5.74, 6) is -0.0310. The predicted octanol–water partition coefficient (Wildman–Crippen LogP) is 3.69. The fourth-order valence-corrected chi connectivity index (χ4v) is 3.36. The Morgan fingerprint density at radius 3 is 2.64 bits per heavy atom. The monoisotopic (exact) mass is 352 g/mol. The molecule has 1 aliphatic heterocycles. The summed E-state index contributed by atoms with van der Waals surface area (Å²) in [5.41, 5.74) is 2.43. The maximum Gasteiger partial charge on any atom is 0.255 e. The smallest absolute Gasteiger partial charge is 0.255 e. The van der Waals surface area contributed by atoms with Gasteiger partial charge in [-0.25, -0.2) is 4.68 Å². The number of nitrogens with zero attached hydrogens (tertiary/aromatic N) is 4. The molecule has 3 aromatic rings. The third-order valence-electron chi connectivity index (χ3n) is 4.51.